The van der Waals surface area contributed by atoms with Crippen molar-refractivity contribution in [1.82, 2.24) is 4.57 Å². The summed E-state index contributed by atoms with van der Waals surface area (Å²) < 4.78 is 7.07. The summed E-state index contributed by atoms with van der Waals surface area (Å²) in [7, 11) is 0. The number of nitriles is 1. The van der Waals surface area contributed by atoms with Gasteiger partial charge in [0.1, 0.15) is 12.3 Å². The number of carbonyl (C=O) groups excluding carboxylic acids is 1. The predicted octanol–water partition coefficient (Wildman–Crippen LogP) is 2.88. The Bertz CT molecular complexity index is 696. The number of benzene rings is 1. The van der Waals surface area contributed by atoms with Crippen molar-refractivity contribution in [2.24, 2.45) is 0 Å². The molecule has 0 saturated heterocycles. The highest BCUT2D eigenvalue weighted by atomic mass is 16.5. The fraction of sp³-hybridized carbons (Fsp3) is 0.250. The molecule has 0 atom stereocenters. The highest BCUT2D eigenvalue weighted by molar-refractivity contribution is 5.89. The van der Waals surface area contributed by atoms with Gasteiger partial charge in [0.05, 0.1) is 17.3 Å². The molecule has 0 aliphatic carbocycles. The lowest BCUT2D eigenvalue weighted by Gasteiger charge is -2.12. The van der Waals surface area contributed by atoms with Crippen molar-refractivity contribution in [2.75, 3.05) is 5.73 Å². The number of ether oxygens (including phenoxy) is 1. The van der Waals surface area contributed by atoms with Gasteiger partial charge >= 0.3 is 5.97 Å². The van der Waals surface area contributed by atoms with E-state index >= 15 is 0 Å². The van der Waals surface area contributed by atoms with Crippen LogP contribution in [-0.2, 0) is 11.3 Å². The second-order valence-corrected chi connectivity index (χ2v) is 5.00. The minimum Gasteiger partial charge on any atom is -0.456 e. The van der Waals surface area contributed by atoms with E-state index in [9.17, 15) is 4.79 Å². The molecule has 5 nitrogen and oxygen atoms in total. The van der Waals surface area contributed by atoms with E-state index in [4.69, 9.17) is 15.7 Å². The van der Waals surface area contributed by atoms with E-state index in [0.717, 1.165) is 0 Å². The normalized spacial score (nSPS) is 10.4. The second-order valence-electron chi connectivity index (χ2n) is 5.00. The zero-order valence-electron chi connectivity index (χ0n) is 12.0. The van der Waals surface area contributed by atoms with E-state index in [0.29, 0.717) is 22.5 Å². The fourth-order valence-corrected chi connectivity index (χ4v) is 2.06. The molecule has 1 aromatic carbocycles. The standard InChI is InChI=1S/C16H17N3O2/c1-11(2)19-9-14(18)7-15(19)16(20)21-10-13-6-4-3-5-12(13)8-17/h3-7,9,11H,10,18H2,1-2H3. The van der Waals surface area contributed by atoms with Crippen LogP contribution in [0.5, 0.6) is 0 Å². The molecular formula is C16H17N3O2. The maximum Gasteiger partial charge on any atom is 0.355 e. The molecule has 2 rings (SSSR count). The van der Waals surface area contributed by atoms with E-state index in [1.807, 2.05) is 13.8 Å². The Hall–Kier alpha value is -2.74. The molecule has 5 heteroatoms. The monoisotopic (exact) mass is 283 g/mol. The molecule has 0 amide bonds. The minimum atomic E-state index is -0.451. The molecule has 0 bridgehead atoms. The molecule has 1 aromatic heterocycles. The van der Waals surface area contributed by atoms with Crippen LogP contribution in [0.25, 0.3) is 0 Å². The highest BCUT2D eigenvalue weighted by Gasteiger charge is 2.16. The minimum absolute atomic E-state index is 0.0613. The quantitative estimate of drug-likeness (QED) is 0.875. The van der Waals surface area contributed by atoms with E-state index in [1.54, 1.807) is 41.1 Å². The van der Waals surface area contributed by atoms with Crippen molar-refractivity contribution in [2.45, 2.75) is 26.5 Å². The lowest BCUT2D eigenvalue weighted by Crippen LogP contribution is -2.13. The van der Waals surface area contributed by atoms with Crippen LogP contribution < -0.4 is 5.73 Å². The van der Waals surface area contributed by atoms with Crippen molar-refractivity contribution < 1.29 is 9.53 Å². The number of hydrogen-bond donors (Lipinski definition) is 1. The molecule has 0 spiro atoms. The summed E-state index contributed by atoms with van der Waals surface area (Å²) >= 11 is 0. The van der Waals surface area contributed by atoms with Gasteiger partial charge in [-0.05, 0) is 26.0 Å². The highest BCUT2D eigenvalue weighted by Crippen LogP contribution is 2.18. The van der Waals surface area contributed by atoms with Gasteiger partial charge in [0, 0.05) is 17.8 Å². The van der Waals surface area contributed by atoms with Gasteiger partial charge in [-0.3, -0.25) is 0 Å². The Kier molecular flexibility index (Phi) is 4.29. The van der Waals surface area contributed by atoms with Crippen LogP contribution in [-0.4, -0.2) is 10.5 Å². The van der Waals surface area contributed by atoms with Crippen molar-refractivity contribution >= 4 is 11.7 Å². The summed E-state index contributed by atoms with van der Waals surface area (Å²) in [6, 6.07) is 10.8. The van der Waals surface area contributed by atoms with Crippen molar-refractivity contribution in [3.8, 4) is 6.07 Å². The molecule has 2 aromatic rings. The van der Waals surface area contributed by atoms with E-state index in [2.05, 4.69) is 6.07 Å². The number of anilines is 1. The lowest BCUT2D eigenvalue weighted by molar-refractivity contribution is 0.0458. The number of esters is 1. The van der Waals surface area contributed by atoms with Crippen LogP contribution in [0, 0.1) is 11.3 Å². The van der Waals surface area contributed by atoms with Gasteiger partial charge in [-0.15, -0.1) is 0 Å². The first-order valence-electron chi connectivity index (χ1n) is 6.65. The van der Waals surface area contributed by atoms with Gasteiger partial charge in [0.25, 0.3) is 0 Å². The van der Waals surface area contributed by atoms with Gasteiger partial charge in [-0.2, -0.15) is 5.26 Å². The van der Waals surface area contributed by atoms with Gasteiger partial charge in [-0.25, -0.2) is 4.79 Å². The number of nitrogens with zero attached hydrogens (tertiary/aromatic N) is 2. The number of aromatic nitrogens is 1. The molecule has 0 saturated carbocycles. The topological polar surface area (TPSA) is 81.0 Å². The molecule has 21 heavy (non-hydrogen) atoms. The number of rotatable bonds is 4. The first kappa shape index (κ1) is 14.7. The summed E-state index contributed by atoms with van der Waals surface area (Å²) in [4.78, 5) is 12.2. The first-order valence-corrected chi connectivity index (χ1v) is 6.65. The van der Waals surface area contributed by atoms with Crippen LogP contribution in [0.4, 0.5) is 5.69 Å². The van der Waals surface area contributed by atoms with Gasteiger partial charge in [0.15, 0.2) is 0 Å². The predicted molar refractivity (Wildman–Crippen MR) is 79.5 cm³/mol. The van der Waals surface area contributed by atoms with Crippen LogP contribution in [0.1, 0.15) is 41.5 Å². The lowest BCUT2D eigenvalue weighted by atomic mass is 10.1. The largest absolute Gasteiger partial charge is 0.456 e. The Morgan fingerprint density at radius 2 is 2.14 bits per heavy atom. The third-order valence-electron chi connectivity index (χ3n) is 3.13. The maximum atomic E-state index is 12.2. The van der Waals surface area contributed by atoms with Crippen LogP contribution in [0.3, 0.4) is 0 Å². The molecule has 0 radical (unpaired) electrons. The summed E-state index contributed by atoms with van der Waals surface area (Å²) in [6.45, 7) is 3.98. The number of carbonyl (C=O) groups is 1. The molecule has 1 heterocycles. The zero-order valence-corrected chi connectivity index (χ0v) is 12.0. The second kappa shape index (κ2) is 6.14. The summed E-state index contributed by atoms with van der Waals surface area (Å²) in [5.41, 5.74) is 7.86. The summed E-state index contributed by atoms with van der Waals surface area (Å²) in [6.07, 6.45) is 1.71. The third kappa shape index (κ3) is 3.23. The van der Waals surface area contributed by atoms with Crippen LogP contribution in [0.15, 0.2) is 36.5 Å². The third-order valence-corrected chi connectivity index (χ3v) is 3.13. The summed E-state index contributed by atoms with van der Waals surface area (Å²) in [5.74, 6) is -0.451. The number of nitrogens with two attached hydrogens (primary N) is 1. The fourth-order valence-electron chi connectivity index (χ4n) is 2.06. The molecule has 0 aliphatic rings. The van der Waals surface area contributed by atoms with Crippen molar-refractivity contribution in [3.63, 3.8) is 0 Å². The van der Waals surface area contributed by atoms with Crippen LogP contribution in [0.2, 0.25) is 0 Å². The van der Waals surface area contributed by atoms with E-state index in [-0.39, 0.29) is 12.6 Å². The molecule has 108 valence electrons. The number of hydrogen-bond acceptors (Lipinski definition) is 4. The average molecular weight is 283 g/mol. The van der Waals surface area contributed by atoms with Crippen molar-refractivity contribution in [3.05, 3.63) is 53.3 Å². The zero-order chi connectivity index (χ0) is 15.4. The molecule has 0 aliphatic heterocycles. The van der Waals surface area contributed by atoms with Gasteiger partial charge < -0.3 is 15.0 Å². The SMILES string of the molecule is CC(C)n1cc(N)cc1C(=O)OCc1ccccc1C#N. The Balaban J connectivity index is 2.14. The average Bonchev–Trinajstić information content (AvgIpc) is 2.87. The van der Waals surface area contributed by atoms with Gasteiger partial charge in [0.2, 0.25) is 0 Å². The first-order chi connectivity index (χ1) is 10.0. The Morgan fingerprint density at radius 3 is 2.81 bits per heavy atom. The molecule has 2 N–H and O–H groups in total. The molecule has 0 fully saturated rings. The smallest absolute Gasteiger partial charge is 0.355 e. The number of nitrogen functional groups attached to an aromatic ring is 1. The maximum absolute atomic E-state index is 12.2. The van der Waals surface area contributed by atoms with E-state index in [1.165, 1.54) is 0 Å². The molecular weight excluding hydrogens is 266 g/mol. The Labute approximate surface area is 123 Å². The van der Waals surface area contributed by atoms with E-state index < -0.39 is 5.97 Å². The van der Waals surface area contributed by atoms with Crippen molar-refractivity contribution in [1.29, 1.82) is 5.26 Å². The van der Waals surface area contributed by atoms with Gasteiger partial charge in [-0.1, -0.05) is 18.2 Å². The molecule has 0 unspecified atom stereocenters. The summed E-state index contributed by atoms with van der Waals surface area (Å²) in [5, 5.41) is 9.01. The Morgan fingerprint density at radius 1 is 1.43 bits per heavy atom. The van der Waals surface area contributed by atoms with Crippen LogP contribution >= 0.6 is 0 Å².